The molecule has 0 spiro atoms. The first-order chi connectivity index (χ1) is 15.8. The van der Waals surface area contributed by atoms with Gasteiger partial charge in [-0.25, -0.2) is 4.79 Å². The third-order valence-electron chi connectivity index (χ3n) is 6.77. The van der Waals surface area contributed by atoms with Crippen LogP contribution in [0.15, 0.2) is 72.9 Å². The van der Waals surface area contributed by atoms with Gasteiger partial charge in [-0.15, -0.1) is 0 Å². The maximum Gasteiger partial charge on any atom is 0.336 e. The monoisotopic (exact) mass is 443 g/mol. The molecule has 1 heterocycles. The number of ether oxygens (including phenoxy) is 1. The number of benzene rings is 2. The molecular weight excluding hydrogens is 414 g/mol. The fourth-order valence-corrected chi connectivity index (χ4v) is 4.31. The highest BCUT2D eigenvalue weighted by Crippen LogP contribution is 2.53. The van der Waals surface area contributed by atoms with Gasteiger partial charge in [0.15, 0.2) is 5.60 Å². The van der Waals surface area contributed by atoms with E-state index in [4.69, 9.17) is 4.74 Å². The van der Waals surface area contributed by atoms with Crippen LogP contribution in [0, 0.1) is 18.8 Å². The lowest BCUT2D eigenvalue weighted by molar-refractivity contribution is -0.157. The number of carbonyl (C=O) groups is 2. The molecule has 1 aliphatic rings. The van der Waals surface area contributed by atoms with E-state index in [0.29, 0.717) is 17.8 Å². The van der Waals surface area contributed by atoms with Gasteiger partial charge in [0.05, 0.1) is 12.3 Å². The maximum absolute atomic E-state index is 12.8. The Kier molecular flexibility index (Phi) is 6.34. The van der Waals surface area contributed by atoms with Crippen molar-refractivity contribution in [3.63, 3.8) is 0 Å². The number of aromatic nitrogens is 1. The molecule has 170 valence electrons. The Bertz CT molecular complexity index is 1160. The highest BCUT2D eigenvalue weighted by Gasteiger charge is 2.66. The number of nitrogens with zero attached hydrogens (tertiary/aromatic N) is 1. The number of ketones is 1. The Hall–Kier alpha value is -3.44. The van der Waals surface area contributed by atoms with Gasteiger partial charge in [0.2, 0.25) is 5.78 Å². The summed E-state index contributed by atoms with van der Waals surface area (Å²) in [5.74, 6) is -0.828. The van der Waals surface area contributed by atoms with E-state index in [0.717, 1.165) is 16.7 Å². The number of allylic oxidation sites excluding steroid dienone is 1. The first-order valence-electron chi connectivity index (χ1n) is 11.2. The molecule has 0 saturated heterocycles. The van der Waals surface area contributed by atoms with Gasteiger partial charge in [0.1, 0.15) is 0 Å². The number of carboxylic acids is 1. The summed E-state index contributed by atoms with van der Waals surface area (Å²) in [5, 5.41) is 9.51. The van der Waals surface area contributed by atoms with Crippen LogP contribution in [0.2, 0.25) is 0 Å². The van der Waals surface area contributed by atoms with Crippen molar-refractivity contribution in [2.24, 2.45) is 11.8 Å². The van der Waals surface area contributed by atoms with Crippen LogP contribution in [0.1, 0.15) is 46.6 Å². The zero-order valence-electron chi connectivity index (χ0n) is 19.2. The number of hydrogen-bond donors (Lipinski definition) is 1. The van der Waals surface area contributed by atoms with E-state index >= 15 is 0 Å². The second-order valence-electron chi connectivity index (χ2n) is 8.85. The molecule has 3 aromatic rings. The number of carbonyl (C=O) groups excluding carboxylic acids is 1. The molecule has 5 nitrogen and oxygen atoms in total. The van der Waals surface area contributed by atoms with Crippen LogP contribution >= 0.6 is 0 Å². The Balaban J connectivity index is 1.35. The predicted octanol–water partition coefficient (Wildman–Crippen LogP) is 5.37. The Morgan fingerprint density at radius 1 is 1.03 bits per heavy atom. The van der Waals surface area contributed by atoms with Crippen LogP contribution in [0.3, 0.4) is 0 Å². The summed E-state index contributed by atoms with van der Waals surface area (Å²) in [6.07, 6.45) is 5.93. The van der Waals surface area contributed by atoms with Crippen molar-refractivity contribution < 1.29 is 19.4 Å². The smallest absolute Gasteiger partial charge is 0.336 e. The summed E-state index contributed by atoms with van der Waals surface area (Å²) in [5.41, 5.74) is 3.38. The second-order valence-corrected chi connectivity index (χ2v) is 8.85. The van der Waals surface area contributed by atoms with Crippen LogP contribution in [0.25, 0.3) is 6.08 Å². The fraction of sp³-hybridized carbons (Fsp3) is 0.286. The molecule has 33 heavy (non-hydrogen) atoms. The molecule has 0 aliphatic heterocycles. The topological polar surface area (TPSA) is 68.5 Å². The standard InChI is InChI=1S/C28H29NO4/c1-19-8-14-24(15-9-19)26(30)25-7-5-17-29(25)16-4-6-22-10-12-23(13-11-22)18-33-28(27(31)32)20(2)21(28)3/h4-15,17,20-21H,16,18H2,1-3H3,(H,31,32)/b6-4+. The summed E-state index contributed by atoms with van der Waals surface area (Å²) >= 11 is 0. The first kappa shape index (κ1) is 22.7. The average Bonchev–Trinajstić information content (AvgIpc) is 3.13. The first-order valence-corrected chi connectivity index (χ1v) is 11.2. The van der Waals surface area contributed by atoms with Gasteiger partial charge in [-0.1, -0.05) is 80.1 Å². The fourth-order valence-electron chi connectivity index (χ4n) is 4.31. The van der Waals surface area contributed by atoms with Crippen LogP contribution in [0.4, 0.5) is 0 Å². The van der Waals surface area contributed by atoms with E-state index < -0.39 is 11.6 Å². The maximum atomic E-state index is 12.8. The van der Waals surface area contributed by atoms with Crippen LogP contribution < -0.4 is 0 Å². The highest BCUT2D eigenvalue weighted by atomic mass is 16.5. The molecule has 0 bridgehead atoms. The van der Waals surface area contributed by atoms with Gasteiger partial charge in [0.25, 0.3) is 0 Å². The van der Waals surface area contributed by atoms with E-state index in [1.807, 2.05) is 104 Å². The minimum atomic E-state index is -1.05. The molecule has 0 amide bonds. The number of aryl methyl sites for hydroxylation is 1. The van der Waals surface area contributed by atoms with Gasteiger partial charge in [-0.2, -0.15) is 0 Å². The van der Waals surface area contributed by atoms with Gasteiger partial charge in [-0.05, 0) is 30.2 Å². The normalized spacial score (nSPS) is 21.9. The molecule has 1 N–H and O–H groups in total. The van der Waals surface area contributed by atoms with E-state index in [-0.39, 0.29) is 24.2 Å². The Morgan fingerprint density at radius 2 is 1.70 bits per heavy atom. The molecule has 2 atom stereocenters. The van der Waals surface area contributed by atoms with Crippen molar-refractivity contribution in [2.75, 3.05) is 0 Å². The van der Waals surface area contributed by atoms with Crippen molar-refractivity contribution in [1.29, 1.82) is 0 Å². The largest absolute Gasteiger partial charge is 0.479 e. The molecule has 4 rings (SSSR count). The lowest BCUT2D eigenvalue weighted by Gasteiger charge is -2.14. The summed E-state index contributed by atoms with van der Waals surface area (Å²) in [7, 11) is 0. The summed E-state index contributed by atoms with van der Waals surface area (Å²) in [6, 6.07) is 19.2. The number of hydrogen-bond acceptors (Lipinski definition) is 3. The van der Waals surface area contributed by atoms with Crippen molar-refractivity contribution >= 4 is 17.8 Å². The van der Waals surface area contributed by atoms with Crippen molar-refractivity contribution in [1.82, 2.24) is 4.57 Å². The van der Waals surface area contributed by atoms with Gasteiger partial charge < -0.3 is 14.4 Å². The molecule has 1 saturated carbocycles. The average molecular weight is 444 g/mol. The van der Waals surface area contributed by atoms with Gasteiger partial charge >= 0.3 is 5.97 Å². The quantitative estimate of drug-likeness (QED) is 0.452. The molecule has 1 fully saturated rings. The summed E-state index contributed by atoms with van der Waals surface area (Å²) in [4.78, 5) is 24.4. The zero-order valence-corrected chi connectivity index (χ0v) is 19.2. The van der Waals surface area contributed by atoms with Crippen LogP contribution in [-0.4, -0.2) is 27.0 Å². The highest BCUT2D eigenvalue weighted by molar-refractivity contribution is 6.08. The Morgan fingerprint density at radius 3 is 2.30 bits per heavy atom. The van der Waals surface area contributed by atoms with Crippen LogP contribution in [-0.2, 0) is 22.7 Å². The van der Waals surface area contributed by atoms with Crippen LogP contribution in [0.5, 0.6) is 0 Å². The summed E-state index contributed by atoms with van der Waals surface area (Å²) in [6.45, 7) is 6.69. The van der Waals surface area contributed by atoms with E-state index in [2.05, 4.69) is 0 Å². The minimum Gasteiger partial charge on any atom is -0.479 e. The van der Waals surface area contributed by atoms with E-state index in [9.17, 15) is 14.7 Å². The number of carboxylic acid groups (broad SMARTS) is 1. The lowest BCUT2D eigenvalue weighted by atomic mass is 10.1. The van der Waals surface area contributed by atoms with E-state index in [1.54, 1.807) is 0 Å². The molecule has 0 radical (unpaired) electrons. The molecule has 2 unspecified atom stereocenters. The number of rotatable bonds is 9. The number of aliphatic carboxylic acids is 1. The van der Waals surface area contributed by atoms with Crippen molar-refractivity contribution in [3.05, 3.63) is 101 Å². The SMILES string of the molecule is Cc1ccc(C(=O)c2cccn2C/C=C/c2ccc(COC3(C(=O)O)C(C)C3C)cc2)cc1. The molecule has 5 heteroatoms. The molecule has 1 aromatic heterocycles. The van der Waals surface area contributed by atoms with E-state index in [1.165, 1.54) is 0 Å². The molecule has 1 aliphatic carbocycles. The summed E-state index contributed by atoms with van der Waals surface area (Å²) < 4.78 is 7.74. The van der Waals surface area contributed by atoms with Crippen molar-refractivity contribution in [2.45, 2.75) is 39.5 Å². The predicted molar refractivity (Wildman–Crippen MR) is 128 cm³/mol. The van der Waals surface area contributed by atoms with Gasteiger partial charge in [0, 0.05) is 30.1 Å². The molecule has 2 aromatic carbocycles. The molecular formula is C28H29NO4. The third-order valence-corrected chi connectivity index (χ3v) is 6.77. The van der Waals surface area contributed by atoms with Crippen molar-refractivity contribution in [3.8, 4) is 0 Å². The van der Waals surface area contributed by atoms with Gasteiger partial charge in [-0.3, -0.25) is 4.79 Å². The lowest BCUT2D eigenvalue weighted by Crippen LogP contribution is -2.29. The zero-order chi connectivity index (χ0) is 23.6. The Labute approximate surface area is 194 Å². The minimum absolute atomic E-state index is 0.0104. The second kappa shape index (κ2) is 9.20. The third kappa shape index (κ3) is 4.55.